The maximum atomic E-state index is 5.70. The topological polar surface area (TPSA) is 54.7 Å². The summed E-state index contributed by atoms with van der Waals surface area (Å²) in [6.07, 6.45) is 1.87. The largest absolute Gasteiger partial charge is 0.399 e. The average molecular weight is 263 g/mol. The fourth-order valence-corrected chi connectivity index (χ4v) is 2.39. The summed E-state index contributed by atoms with van der Waals surface area (Å²) in [7, 11) is 0. The number of nitrogens with zero attached hydrogens (tertiary/aromatic N) is 1. The van der Waals surface area contributed by atoms with Crippen LogP contribution in [0.4, 0.5) is 5.69 Å². The minimum atomic E-state index is 0.759. The van der Waals surface area contributed by atoms with Crippen LogP contribution in [0.5, 0.6) is 0 Å². The highest BCUT2D eigenvalue weighted by molar-refractivity contribution is 5.66. The molecule has 2 aromatic carbocycles. The molecule has 0 radical (unpaired) electrons. The van der Waals surface area contributed by atoms with Gasteiger partial charge in [-0.25, -0.2) is 4.98 Å². The number of anilines is 1. The number of benzene rings is 2. The van der Waals surface area contributed by atoms with Gasteiger partial charge in [0.05, 0.1) is 11.9 Å². The van der Waals surface area contributed by atoms with E-state index < -0.39 is 0 Å². The monoisotopic (exact) mass is 263 g/mol. The van der Waals surface area contributed by atoms with E-state index in [4.69, 9.17) is 5.73 Å². The normalized spacial score (nSPS) is 10.7. The molecule has 20 heavy (non-hydrogen) atoms. The third-order valence-corrected chi connectivity index (χ3v) is 3.29. The van der Waals surface area contributed by atoms with E-state index in [9.17, 15) is 0 Å². The van der Waals surface area contributed by atoms with Crippen molar-refractivity contribution < 1.29 is 0 Å². The van der Waals surface area contributed by atoms with Gasteiger partial charge < -0.3 is 10.7 Å². The van der Waals surface area contributed by atoms with Crippen molar-refractivity contribution in [1.82, 2.24) is 9.97 Å². The summed E-state index contributed by atoms with van der Waals surface area (Å²) in [5.41, 5.74) is 12.2. The van der Waals surface area contributed by atoms with Crippen molar-refractivity contribution in [3.63, 3.8) is 0 Å². The number of nitrogen functional groups attached to an aromatic ring is 1. The first-order valence-corrected chi connectivity index (χ1v) is 6.61. The SMILES string of the molecule is Cc1cc(C)cc(-c2cnc(-c3ccc(N)cc3)[nH]2)c1. The Morgan fingerprint density at radius 3 is 2.20 bits per heavy atom. The number of hydrogen-bond acceptors (Lipinski definition) is 2. The van der Waals surface area contributed by atoms with Crippen molar-refractivity contribution in [2.24, 2.45) is 0 Å². The highest BCUT2D eigenvalue weighted by Crippen LogP contribution is 2.24. The fourth-order valence-electron chi connectivity index (χ4n) is 2.39. The predicted octanol–water partition coefficient (Wildman–Crippen LogP) is 3.94. The second-order valence-corrected chi connectivity index (χ2v) is 5.14. The van der Waals surface area contributed by atoms with Gasteiger partial charge in [0.2, 0.25) is 0 Å². The minimum Gasteiger partial charge on any atom is -0.399 e. The number of nitrogens with two attached hydrogens (primary N) is 1. The van der Waals surface area contributed by atoms with Gasteiger partial charge in [-0.1, -0.05) is 17.2 Å². The molecule has 0 aliphatic heterocycles. The van der Waals surface area contributed by atoms with Crippen molar-refractivity contribution in [2.75, 3.05) is 5.73 Å². The van der Waals surface area contributed by atoms with Crippen LogP contribution in [0, 0.1) is 13.8 Å². The van der Waals surface area contributed by atoms with Gasteiger partial charge in [-0.15, -0.1) is 0 Å². The van der Waals surface area contributed by atoms with Crippen LogP contribution in [-0.4, -0.2) is 9.97 Å². The van der Waals surface area contributed by atoms with Crippen LogP contribution in [0.1, 0.15) is 11.1 Å². The molecule has 0 atom stereocenters. The zero-order valence-corrected chi connectivity index (χ0v) is 11.6. The second kappa shape index (κ2) is 4.85. The molecule has 0 aliphatic rings. The van der Waals surface area contributed by atoms with Crippen molar-refractivity contribution in [3.05, 3.63) is 59.8 Å². The number of aryl methyl sites for hydroxylation is 2. The fraction of sp³-hybridized carbons (Fsp3) is 0.118. The first kappa shape index (κ1) is 12.5. The van der Waals surface area contributed by atoms with E-state index in [-0.39, 0.29) is 0 Å². The number of aromatic amines is 1. The molecule has 0 bridgehead atoms. The summed E-state index contributed by atoms with van der Waals surface area (Å²) >= 11 is 0. The number of nitrogens with one attached hydrogen (secondary N) is 1. The Morgan fingerprint density at radius 2 is 1.55 bits per heavy atom. The molecule has 1 aromatic heterocycles. The Bertz CT molecular complexity index is 719. The van der Waals surface area contributed by atoms with Crippen LogP contribution in [0.3, 0.4) is 0 Å². The van der Waals surface area contributed by atoms with E-state index in [1.54, 1.807) is 0 Å². The third-order valence-electron chi connectivity index (χ3n) is 3.29. The Labute approximate surface area is 118 Å². The molecule has 0 saturated heterocycles. The third kappa shape index (κ3) is 2.43. The van der Waals surface area contributed by atoms with Gasteiger partial charge in [0.15, 0.2) is 0 Å². The molecule has 0 unspecified atom stereocenters. The van der Waals surface area contributed by atoms with Crippen LogP contribution in [-0.2, 0) is 0 Å². The van der Waals surface area contributed by atoms with Crippen LogP contribution in [0.15, 0.2) is 48.7 Å². The Hall–Kier alpha value is -2.55. The van der Waals surface area contributed by atoms with E-state index in [0.29, 0.717) is 0 Å². The smallest absolute Gasteiger partial charge is 0.137 e. The quantitative estimate of drug-likeness (QED) is 0.688. The molecular weight excluding hydrogens is 246 g/mol. The molecule has 3 N–H and O–H groups in total. The lowest BCUT2D eigenvalue weighted by Gasteiger charge is -2.02. The van der Waals surface area contributed by atoms with E-state index in [0.717, 1.165) is 28.3 Å². The maximum absolute atomic E-state index is 5.70. The molecule has 0 amide bonds. The highest BCUT2D eigenvalue weighted by Gasteiger charge is 2.06. The average Bonchev–Trinajstić information content (AvgIpc) is 2.88. The first-order valence-electron chi connectivity index (χ1n) is 6.61. The van der Waals surface area contributed by atoms with Gasteiger partial charge in [-0.2, -0.15) is 0 Å². The first-order chi connectivity index (χ1) is 9.61. The molecule has 0 aliphatic carbocycles. The molecular formula is C17H17N3. The molecule has 3 heteroatoms. The van der Waals surface area contributed by atoms with Gasteiger partial charge in [-0.3, -0.25) is 0 Å². The zero-order chi connectivity index (χ0) is 14.1. The van der Waals surface area contributed by atoms with Crippen LogP contribution in [0.25, 0.3) is 22.6 Å². The number of H-pyrrole nitrogens is 1. The zero-order valence-electron chi connectivity index (χ0n) is 11.6. The molecule has 3 nitrogen and oxygen atoms in total. The Balaban J connectivity index is 1.99. The molecule has 100 valence electrons. The standard InChI is InChI=1S/C17H17N3/c1-11-7-12(2)9-14(8-11)16-10-19-17(20-16)13-3-5-15(18)6-4-13/h3-10H,18H2,1-2H3,(H,19,20). The lowest BCUT2D eigenvalue weighted by molar-refractivity contribution is 1.30. The number of rotatable bonds is 2. The van der Waals surface area contributed by atoms with Gasteiger partial charge in [0, 0.05) is 16.8 Å². The molecule has 0 spiro atoms. The van der Waals surface area contributed by atoms with Crippen molar-refractivity contribution in [2.45, 2.75) is 13.8 Å². The number of imidazole rings is 1. The van der Waals surface area contributed by atoms with Crippen LogP contribution >= 0.6 is 0 Å². The lowest BCUT2D eigenvalue weighted by atomic mass is 10.1. The molecule has 3 rings (SSSR count). The van der Waals surface area contributed by atoms with E-state index in [1.165, 1.54) is 11.1 Å². The van der Waals surface area contributed by atoms with E-state index in [2.05, 4.69) is 42.0 Å². The molecule has 3 aromatic rings. The van der Waals surface area contributed by atoms with Gasteiger partial charge >= 0.3 is 0 Å². The summed E-state index contributed by atoms with van der Waals surface area (Å²) in [6, 6.07) is 14.2. The van der Waals surface area contributed by atoms with Gasteiger partial charge in [0.25, 0.3) is 0 Å². The minimum absolute atomic E-state index is 0.759. The van der Waals surface area contributed by atoms with E-state index >= 15 is 0 Å². The molecule has 0 fully saturated rings. The second-order valence-electron chi connectivity index (χ2n) is 5.14. The van der Waals surface area contributed by atoms with Crippen molar-refractivity contribution in [3.8, 4) is 22.6 Å². The van der Waals surface area contributed by atoms with Gasteiger partial charge in [0.1, 0.15) is 5.82 Å². The Kier molecular flexibility index (Phi) is 3.03. The van der Waals surface area contributed by atoms with Crippen LogP contribution < -0.4 is 5.73 Å². The highest BCUT2D eigenvalue weighted by atomic mass is 14.9. The summed E-state index contributed by atoms with van der Waals surface area (Å²) in [5, 5.41) is 0. The van der Waals surface area contributed by atoms with Crippen LogP contribution in [0.2, 0.25) is 0 Å². The molecule has 0 saturated carbocycles. The summed E-state index contributed by atoms with van der Waals surface area (Å²) in [4.78, 5) is 7.82. The summed E-state index contributed by atoms with van der Waals surface area (Å²) < 4.78 is 0. The van der Waals surface area contributed by atoms with Crippen molar-refractivity contribution in [1.29, 1.82) is 0 Å². The summed E-state index contributed by atoms with van der Waals surface area (Å²) in [6.45, 7) is 4.21. The summed E-state index contributed by atoms with van der Waals surface area (Å²) in [5.74, 6) is 0.860. The van der Waals surface area contributed by atoms with E-state index in [1.807, 2.05) is 30.5 Å². The van der Waals surface area contributed by atoms with Gasteiger partial charge in [-0.05, 0) is 50.2 Å². The van der Waals surface area contributed by atoms with Crippen molar-refractivity contribution >= 4 is 5.69 Å². The molecule has 1 heterocycles. The number of aromatic nitrogens is 2. The lowest BCUT2D eigenvalue weighted by Crippen LogP contribution is -1.86. The number of hydrogen-bond donors (Lipinski definition) is 2. The Morgan fingerprint density at radius 1 is 0.900 bits per heavy atom. The predicted molar refractivity (Wildman–Crippen MR) is 83.3 cm³/mol. The maximum Gasteiger partial charge on any atom is 0.137 e.